The van der Waals surface area contributed by atoms with Crippen LogP contribution >= 0.6 is 0 Å². The molecule has 1 aromatic rings. The summed E-state index contributed by atoms with van der Waals surface area (Å²) in [6.45, 7) is 10.7. The topological polar surface area (TPSA) is 27.3 Å². The smallest absolute Gasteiger partial charge is 0.161 e. The number of hydrogen-bond donors (Lipinski definition) is 2. The lowest BCUT2D eigenvalue weighted by atomic mass is 9.88. The first-order valence-electron chi connectivity index (χ1n) is 9.37. The first-order valence-corrected chi connectivity index (χ1v) is 9.37. The van der Waals surface area contributed by atoms with Crippen molar-refractivity contribution in [2.45, 2.75) is 52.2 Å². The van der Waals surface area contributed by atoms with Crippen LogP contribution in [0.3, 0.4) is 0 Å². The Hall–Kier alpha value is -1.26. The number of benzene rings is 1. The van der Waals surface area contributed by atoms with Gasteiger partial charge in [0, 0.05) is 5.56 Å². The molecular weight excluding hydrogens is 300 g/mol. The summed E-state index contributed by atoms with van der Waals surface area (Å²) in [6.07, 6.45) is 2.54. The lowest BCUT2D eigenvalue weighted by Gasteiger charge is -2.40. The summed E-state index contributed by atoms with van der Waals surface area (Å²) < 4.78 is 10.8. The van der Waals surface area contributed by atoms with Crippen LogP contribution in [0.4, 0.5) is 0 Å². The van der Waals surface area contributed by atoms with Gasteiger partial charge in [0.25, 0.3) is 0 Å². The van der Waals surface area contributed by atoms with Gasteiger partial charge in [-0.2, -0.15) is 0 Å². The predicted molar refractivity (Wildman–Crippen MR) is 98.2 cm³/mol. The fourth-order valence-corrected chi connectivity index (χ4v) is 4.21. The van der Waals surface area contributed by atoms with E-state index in [2.05, 4.69) is 40.0 Å². The lowest BCUT2D eigenvalue weighted by Crippen LogP contribution is -3.21. The average molecular weight is 337 g/mol. The first-order chi connectivity index (χ1) is 11.5. The minimum absolute atomic E-state index is 0.747. The van der Waals surface area contributed by atoms with E-state index in [1.54, 1.807) is 24.0 Å². The molecule has 1 saturated heterocycles. The summed E-state index contributed by atoms with van der Waals surface area (Å²) in [7, 11) is 5.74. The Morgan fingerprint density at radius 3 is 2.50 bits per heavy atom. The van der Waals surface area contributed by atoms with Gasteiger partial charge in [-0.1, -0.05) is 13.8 Å². The van der Waals surface area contributed by atoms with E-state index in [1.807, 2.05) is 6.07 Å². The molecule has 0 spiro atoms. The zero-order chi connectivity index (χ0) is 17.7. The molecule has 0 aromatic heterocycles. The number of quaternary nitrogens is 2. The van der Waals surface area contributed by atoms with Crippen molar-refractivity contribution >= 4 is 0 Å². The molecule has 0 saturated carbocycles. The van der Waals surface area contributed by atoms with Crippen LogP contribution in [0.2, 0.25) is 0 Å². The highest BCUT2D eigenvalue weighted by Crippen LogP contribution is 2.27. The van der Waals surface area contributed by atoms with Crippen LogP contribution in [-0.2, 0) is 6.54 Å². The number of rotatable bonds is 7. The first kappa shape index (κ1) is 19.1. The van der Waals surface area contributed by atoms with Crippen molar-refractivity contribution in [2.24, 2.45) is 5.92 Å². The fraction of sp³-hybridized carbons (Fsp3) is 0.700. The number of methoxy groups -OCH3 is 2. The molecule has 2 N–H and O–H groups in total. The Morgan fingerprint density at radius 2 is 1.88 bits per heavy atom. The minimum atomic E-state index is 0.747. The molecular formula is C20H36N2O2+2. The quantitative estimate of drug-likeness (QED) is 0.771. The standard InChI is InChI=1S/C20H34N2O2/c1-7-10-22(18-11-16(3)21(4)13-15(18)2)14-17-8-9-19(23-5)20(12-17)24-6/h8-9,12,15-16,18H,7,10-11,13-14H2,1-6H3/p+2/t15-,16+,18-/m0/s1. The molecule has 1 fully saturated rings. The second kappa shape index (κ2) is 8.72. The normalized spacial score (nSPS) is 28.4. The summed E-state index contributed by atoms with van der Waals surface area (Å²) in [4.78, 5) is 3.40. The van der Waals surface area contributed by atoms with Crippen molar-refractivity contribution in [3.8, 4) is 11.5 Å². The van der Waals surface area contributed by atoms with Crippen LogP contribution in [0.15, 0.2) is 18.2 Å². The molecule has 0 radical (unpaired) electrons. The Morgan fingerprint density at radius 1 is 1.17 bits per heavy atom. The van der Waals surface area contributed by atoms with Crippen LogP contribution in [0.1, 0.15) is 39.2 Å². The van der Waals surface area contributed by atoms with E-state index in [-0.39, 0.29) is 0 Å². The van der Waals surface area contributed by atoms with E-state index >= 15 is 0 Å². The van der Waals surface area contributed by atoms with Crippen LogP contribution < -0.4 is 19.3 Å². The van der Waals surface area contributed by atoms with Gasteiger partial charge in [0.2, 0.25) is 0 Å². The Bertz CT molecular complexity index is 520. The summed E-state index contributed by atoms with van der Waals surface area (Å²) in [5.41, 5.74) is 1.34. The summed E-state index contributed by atoms with van der Waals surface area (Å²) in [5.74, 6) is 2.41. The average Bonchev–Trinajstić information content (AvgIpc) is 2.57. The maximum atomic E-state index is 5.48. The second-order valence-electron chi connectivity index (χ2n) is 7.55. The van der Waals surface area contributed by atoms with E-state index in [0.29, 0.717) is 0 Å². The molecule has 5 atom stereocenters. The molecule has 1 heterocycles. The molecule has 4 heteroatoms. The van der Waals surface area contributed by atoms with Crippen molar-refractivity contribution in [2.75, 3.05) is 34.4 Å². The largest absolute Gasteiger partial charge is 0.493 e. The third kappa shape index (κ3) is 4.42. The zero-order valence-electron chi connectivity index (χ0n) is 16.3. The molecule has 4 nitrogen and oxygen atoms in total. The van der Waals surface area contributed by atoms with Gasteiger partial charge >= 0.3 is 0 Å². The van der Waals surface area contributed by atoms with Crippen molar-refractivity contribution < 1.29 is 19.3 Å². The lowest BCUT2D eigenvalue weighted by molar-refractivity contribution is -0.975. The van der Waals surface area contributed by atoms with E-state index in [1.165, 1.54) is 31.5 Å². The SMILES string of the molecule is CCC[NH+](Cc1ccc(OC)c(OC)c1)[C@H]1C[C@@H](C)[NH+](C)C[C@@H]1C. The Kier molecular flexibility index (Phi) is 6.93. The van der Waals surface area contributed by atoms with Gasteiger partial charge in [-0.05, 0) is 31.5 Å². The molecule has 136 valence electrons. The molecule has 24 heavy (non-hydrogen) atoms. The monoisotopic (exact) mass is 336 g/mol. The number of likely N-dealkylation sites (tertiary alicyclic amines) is 1. The van der Waals surface area contributed by atoms with Gasteiger partial charge in [0.15, 0.2) is 11.5 Å². The van der Waals surface area contributed by atoms with Crippen LogP contribution in [0, 0.1) is 5.92 Å². The zero-order valence-corrected chi connectivity index (χ0v) is 16.3. The van der Waals surface area contributed by atoms with Crippen LogP contribution in [0.5, 0.6) is 11.5 Å². The Balaban J connectivity index is 2.16. The summed E-state index contributed by atoms with van der Waals surface area (Å²) >= 11 is 0. The van der Waals surface area contributed by atoms with Crippen molar-refractivity contribution in [1.29, 1.82) is 0 Å². The molecule has 2 unspecified atom stereocenters. The highest BCUT2D eigenvalue weighted by Gasteiger charge is 2.38. The van der Waals surface area contributed by atoms with Gasteiger partial charge < -0.3 is 19.3 Å². The van der Waals surface area contributed by atoms with Gasteiger partial charge in [0.05, 0.1) is 52.7 Å². The molecule has 0 amide bonds. The molecule has 1 aromatic carbocycles. The number of hydrogen-bond acceptors (Lipinski definition) is 2. The van der Waals surface area contributed by atoms with E-state index < -0.39 is 0 Å². The van der Waals surface area contributed by atoms with E-state index in [0.717, 1.165) is 36.0 Å². The highest BCUT2D eigenvalue weighted by molar-refractivity contribution is 5.42. The third-order valence-corrected chi connectivity index (χ3v) is 5.75. The van der Waals surface area contributed by atoms with Crippen molar-refractivity contribution in [3.05, 3.63) is 23.8 Å². The molecule has 0 aliphatic carbocycles. The maximum Gasteiger partial charge on any atom is 0.161 e. The maximum absolute atomic E-state index is 5.48. The Labute approximate surface area is 147 Å². The van der Waals surface area contributed by atoms with E-state index in [4.69, 9.17) is 9.47 Å². The number of nitrogens with one attached hydrogen (secondary N) is 2. The van der Waals surface area contributed by atoms with Crippen molar-refractivity contribution in [1.82, 2.24) is 0 Å². The van der Waals surface area contributed by atoms with Crippen molar-refractivity contribution in [3.63, 3.8) is 0 Å². The third-order valence-electron chi connectivity index (χ3n) is 5.75. The number of ether oxygens (including phenoxy) is 2. The van der Waals surface area contributed by atoms with Gasteiger partial charge in [0.1, 0.15) is 12.6 Å². The predicted octanol–water partition coefficient (Wildman–Crippen LogP) is 0.810. The van der Waals surface area contributed by atoms with Crippen LogP contribution in [0.25, 0.3) is 0 Å². The van der Waals surface area contributed by atoms with Gasteiger partial charge in [-0.25, -0.2) is 0 Å². The van der Waals surface area contributed by atoms with Gasteiger partial charge in [-0.3, -0.25) is 0 Å². The molecule has 1 aliphatic heterocycles. The van der Waals surface area contributed by atoms with E-state index in [9.17, 15) is 0 Å². The summed E-state index contributed by atoms with van der Waals surface area (Å²) in [6, 6.07) is 7.86. The number of piperidine rings is 1. The summed E-state index contributed by atoms with van der Waals surface area (Å²) in [5, 5.41) is 0. The molecule has 0 bridgehead atoms. The molecule has 1 aliphatic rings. The molecule has 2 rings (SSSR count). The van der Waals surface area contributed by atoms with Gasteiger partial charge in [-0.15, -0.1) is 0 Å². The minimum Gasteiger partial charge on any atom is -0.493 e. The second-order valence-corrected chi connectivity index (χ2v) is 7.55. The fourth-order valence-electron chi connectivity index (χ4n) is 4.21. The van der Waals surface area contributed by atoms with Crippen LogP contribution in [-0.4, -0.2) is 46.4 Å². The highest BCUT2D eigenvalue weighted by atomic mass is 16.5.